The van der Waals surface area contributed by atoms with Crippen LogP contribution in [0.3, 0.4) is 0 Å². The van der Waals surface area contributed by atoms with Crippen molar-refractivity contribution in [3.05, 3.63) is 107 Å². The molecule has 0 spiro atoms. The predicted octanol–water partition coefficient (Wildman–Crippen LogP) is 4.29. The zero-order valence-corrected chi connectivity index (χ0v) is 14.6. The normalized spacial score (nSPS) is 10.8. The van der Waals surface area contributed by atoms with Crippen molar-refractivity contribution in [1.82, 2.24) is 5.32 Å². The van der Waals surface area contributed by atoms with Gasteiger partial charge in [0.25, 0.3) is 5.91 Å². The van der Waals surface area contributed by atoms with E-state index in [1.165, 1.54) is 0 Å². The Morgan fingerprint density at radius 2 is 1.38 bits per heavy atom. The second kappa shape index (κ2) is 7.67. The van der Waals surface area contributed by atoms with E-state index >= 15 is 0 Å². The molecular weight excluding hydrogens is 320 g/mol. The van der Waals surface area contributed by atoms with Crippen molar-refractivity contribution in [1.29, 1.82) is 5.26 Å². The van der Waals surface area contributed by atoms with Gasteiger partial charge in [-0.1, -0.05) is 60.7 Å². The first-order valence-corrected chi connectivity index (χ1v) is 8.53. The zero-order chi connectivity index (χ0) is 18.4. The summed E-state index contributed by atoms with van der Waals surface area (Å²) >= 11 is 0. The van der Waals surface area contributed by atoms with Crippen LogP contribution in [0.5, 0.6) is 0 Å². The lowest BCUT2D eigenvalue weighted by Gasteiger charge is -2.31. The molecule has 0 heterocycles. The Morgan fingerprint density at radius 1 is 0.885 bits per heavy atom. The molecule has 0 aliphatic carbocycles. The summed E-state index contributed by atoms with van der Waals surface area (Å²) in [4.78, 5) is 12.6. The molecule has 3 rings (SSSR count). The molecular formula is C23H20N2O. The Morgan fingerprint density at radius 3 is 1.85 bits per heavy atom. The molecule has 3 nitrogen and oxygen atoms in total. The molecule has 0 saturated heterocycles. The molecule has 3 heteroatoms. The Labute approximate surface area is 153 Å². The third-order valence-corrected chi connectivity index (χ3v) is 4.70. The molecule has 1 N–H and O–H groups in total. The van der Waals surface area contributed by atoms with Crippen molar-refractivity contribution in [2.45, 2.75) is 12.3 Å². The van der Waals surface area contributed by atoms with E-state index in [9.17, 15) is 4.79 Å². The molecule has 0 saturated carbocycles. The standard InChI is InChI=1S/C23H20N2O/c1-23(20-8-4-2-5-9-20,21-10-6-3-7-11-21)17-25-22(26)19-14-12-18(16-24)13-15-19/h2-15H,17H2,1H3,(H,25,26). The highest BCUT2D eigenvalue weighted by Crippen LogP contribution is 2.31. The maximum atomic E-state index is 12.6. The van der Waals surface area contributed by atoms with Crippen LogP contribution in [0.1, 0.15) is 34.0 Å². The highest BCUT2D eigenvalue weighted by Gasteiger charge is 2.29. The summed E-state index contributed by atoms with van der Waals surface area (Å²) in [5, 5.41) is 11.9. The van der Waals surface area contributed by atoms with E-state index in [1.807, 2.05) is 36.4 Å². The molecule has 26 heavy (non-hydrogen) atoms. The molecule has 0 radical (unpaired) electrons. The van der Waals surface area contributed by atoms with Gasteiger partial charge in [0.05, 0.1) is 11.6 Å². The highest BCUT2D eigenvalue weighted by molar-refractivity contribution is 5.94. The number of carbonyl (C=O) groups is 1. The fraction of sp³-hybridized carbons (Fsp3) is 0.130. The van der Waals surface area contributed by atoms with E-state index in [0.717, 1.165) is 11.1 Å². The molecule has 3 aromatic carbocycles. The van der Waals surface area contributed by atoms with Gasteiger partial charge in [0.2, 0.25) is 0 Å². The van der Waals surface area contributed by atoms with Crippen molar-refractivity contribution in [2.24, 2.45) is 0 Å². The number of nitrogens with one attached hydrogen (secondary N) is 1. The lowest BCUT2D eigenvalue weighted by atomic mass is 9.76. The molecule has 1 amide bonds. The Bertz CT molecular complexity index is 870. The van der Waals surface area contributed by atoms with Crippen LogP contribution >= 0.6 is 0 Å². The summed E-state index contributed by atoms with van der Waals surface area (Å²) in [5.74, 6) is -0.146. The average Bonchev–Trinajstić information content (AvgIpc) is 2.73. The van der Waals surface area contributed by atoms with Gasteiger partial charge in [-0.25, -0.2) is 0 Å². The van der Waals surface area contributed by atoms with Crippen LogP contribution in [0.15, 0.2) is 84.9 Å². The molecule has 128 valence electrons. The number of hydrogen-bond acceptors (Lipinski definition) is 2. The summed E-state index contributed by atoms with van der Waals surface area (Å²) in [5.41, 5.74) is 3.04. The quantitative estimate of drug-likeness (QED) is 0.753. The fourth-order valence-corrected chi connectivity index (χ4v) is 3.04. The minimum absolute atomic E-state index is 0.146. The van der Waals surface area contributed by atoms with Crippen LogP contribution < -0.4 is 5.32 Å². The lowest BCUT2D eigenvalue weighted by Crippen LogP contribution is -2.39. The van der Waals surface area contributed by atoms with Crippen LogP contribution in [-0.2, 0) is 5.41 Å². The first-order valence-electron chi connectivity index (χ1n) is 8.53. The number of nitriles is 1. The molecule has 0 atom stereocenters. The first-order chi connectivity index (χ1) is 12.6. The highest BCUT2D eigenvalue weighted by atomic mass is 16.1. The molecule has 3 aromatic rings. The van der Waals surface area contributed by atoms with Crippen LogP contribution in [-0.4, -0.2) is 12.5 Å². The van der Waals surface area contributed by atoms with Gasteiger partial charge in [-0.3, -0.25) is 4.79 Å². The number of carbonyl (C=O) groups excluding carboxylic acids is 1. The number of hydrogen-bond donors (Lipinski definition) is 1. The van der Waals surface area contributed by atoms with E-state index < -0.39 is 0 Å². The van der Waals surface area contributed by atoms with E-state index in [2.05, 4.69) is 42.6 Å². The lowest BCUT2D eigenvalue weighted by molar-refractivity contribution is 0.0947. The summed E-state index contributed by atoms with van der Waals surface area (Å²) in [6.07, 6.45) is 0. The minimum atomic E-state index is -0.342. The van der Waals surface area contributed by atoms with Gasteiger partial charge in [-0.05, 0) is 42.3 Å². The van der Waals surface area contributed by atoms with Gasteiger partial charge in [-0.15, -0.1) is 0 Å². The Balaban J connectivity index is 1.85. The second-order valence-corrected chi connectivity index (χ2v) is 6.44. The summed E-state index contributed by atoms with van der Waals surface area (Å²) in [7, 11) is 0. The molecule has 0 aliphatic rings. The van der Waals surface area contributed by atoms with Crippen LogP contribution in [0.4, 0.5) is 0 Å². The van der Waals surface area contributed by atoms with Gasteiger partial charge in [-0.2, -0.15) is 5.26 Å². The molecule has 0 bridgehead atoms. The summed E-state index contributed by atoms with van der Waals surface area (Å²) < 4.78 is 0. The molecule has 0 aromatic heterocycles. The number of nitrogens with zero attached hydrogens (tertiary/aromatic N) is 1. The van der Waals surface area contributed by atoms with Crippen LogP contribution in [0, 0.1) is 11.3 Å². The fourth-order valence-electron chi connectivity index (χ4n) is 3.04. The van der Waals surface area contributed by atoms with Gasteiger partial charge in [0.15, 0.2) is 0 Å². The van der Waals surface area contributed by atoms with E-state index in [0.29, 0.717) is 17.7 Å². The van der Waals surface area contributed by atoms with Crippen molar-refractivity contribution in [3.8, 4) is 6.07 Å². The topological polar surface area (TPSA) is 52.9 Å². The minimum Gasteiger partial charge on any atom is -0.351 e. The van der Waals surface area contributed by atoms with Crippen molar-refractivity contribution >= 4 is 5.91 Å². The van der Waals surface area contributed by atoms with E-state index in [1.54, 1.807) is 24.3 Å². The predicted molar refractivity (Wildman–Crippen MR) is 103 cm³/mol. The summed E-state index contributed by atoms with van der Waals surface area (Å²) in [6.45, 7) is 2.61. The van der Waals surface area contributed by atoms with Crippen molar-refractivity contribution in [3.63, 3.8) is 0 Å². The van der Waals surface area contributed by atoms with Crippen LogP contribution in [0.25, 0.3) is 0 Å². The van der Waals surface area contributed by atoms with Crippen molar-refractivity contribution < 1.29 is 4.79 Å². The van der Waals surface area contributed by atoms with Gasteiger partial charge >= 0.3 is 0 Å². The molecule has 0 aliphatic heterocycles. The molecule has 0 fully saturated rings. The van der Waals surface area contributed by atoms with Gasteiger partial charge in [0, 0.05) is 17.5 Å². The van der Waals surface area contributed by atoms with E-state index in [4.69, 9.17) is 5.26 Å². The average molecular weight is 340 g/mol. The Kier molecular flexibility index (Phi) is 5.15. The van der Waals surface area contributed by atoms with E-state index in [-0.39, 0.29) is 11.3 Å². The van der Waals surface area contributed by atoms with Gasteiger partial charge in [0.1, 0.15) is 0 Å². The second-order valence-electron chi connectivity index (χ2n) is 6.44. The third kappa shape index (κ3) is 3.65. The SMILES string of the molecule is CC(CNC(=O)c1ccc(C#N)cc1)(c1ccccc1)c1ccccc1. The zero-order valence-electron chi connectivity index (χ0n) is 14.6. The molecule has 0 unspecified atom stereocenters. The maximum Gasteiger partial charge on any atom is 0.251 e. The number of rotatable bonds is 5. The maximum absolute atomic E-state index is 12.6. The number of amides is 1. The summed E-state index contributed by atoms with van der Waals surface area (Å²) in [6, 6.07) is 29.1. The number of benzene rings is 3. The van der Waals surface area contributed by atoms with Crippen LogP contribution in [0.2, 0.25) is 0 Å². The van der Waals surface area contributed by atoms with Gasteiger partial charge < -0.3 is 5.32 Å². The third-order valence-electron chi connectivity index (χ3n) is 4.70. The van der Waals surface area contributed by atoms with Crippen molar-refractivity contribution in [2.75, 3.05) is 6.54 Å². The first kappa shape index (κ1) is 17.4. The smallest absolute Gasteiger partial charge is 0.251 e. The monoisotopic (exact) mass is 340 g/mol. The largest absolute Gasteiger partial charge is 0.351 e. The Hall–Kier alpha value is -3.38.